The average Bonchev–Trinajstić information content (AvgIpc) is 3.54. The van der Waals surface area contributed by atoms with Crippen molar-refractivity contribution in [3.63, 3.8) is 0 Å². The number of benzene rings is 2. The predicted octanol–water partition coefficient (Wildman–Crippen LogP) is 4.97. The molecule has 1 saturated heterocycles. The SMILES string of the molecule is Cc1cc(-c2cc3c(-c4ccc(C(=O)N5CCOCC5)cc4)c[nH]c3nn2)cc(C)c1C1(CN(C)C)CC1. The summed E-state index contributed by atoms with van der Waals surface area (Å²) in [6, 6.07) is 14.5. The smallest absolute Gasteiger partial charge is 0.254 e. The summed E-state index contributed by atoms with van der Waals surface area (Å²) in [5.41, 5.74) is 9.95. The van der Waals surface area contributed by atoms with Crippen LogP contribution in [0.1, 0.15) is 39.9 Å². The molecule has 2 aliphatic rings. The third-order valence-electron chi connectivity index (χ3n) is 8.01. The highest BCUT2D eigenvalue weighted by Crippen LogP contribution is 2.51. The van der Waals surface area contributed by atoms with Gasteiger partial charge < -0.3 is 19.5 Å². The lowest BCUT2D eigenvalue weighted by molar-refractivity contribution is 0.0303. The highest BCUT2D eigenvalue weighted by atomic mass is 16.5. The van der Waals surface area contributed by atoms with Gasteiger partial charge in [0.2, 0.25) is 0 Å². The molecule has 1 N–H and O–H groups in total. The number of aryl methyl sites for hydroxylation is 2. The van der Waals surface area contributed by atoms with Crippen LogP contribution in [-0.4, -0.2) is 77.8 Å². The summed E-state index contributed by atoms with van der Waals surface area (Å²) in [4.78, 5) is 20.3. The maximum absolute atomic E-state index is 12.9. The highest BCUT2D eigenvalue weighted by molar-refractivity contribution is 5.97. The van der Waals surface area contributed by atoms with Crippen LogP contribution in [0, 0.1) is 13.8 Å². The van der Waals surface area contributed by atoms with Crippen LogP contribution in [0.15, 0.2) is 48.7 Å². The van der Waals surface area contributed by atoms with Gasteiger partial charge in [0, 0.05) is 53.3 Å². The number of morpholine rings is 1. The quantitative estimate of drug-likeness (QED) is 0.397. The topological polar surface area (TPSA) is 74.3 Å². The first-order valence-corrected chi connectivity index (χ1v) is 13.4. The molecular weight excluding hydrogens is 474 g/mol. The summed E-state index contributed by atoms with van der Waals surface area (Å²) in [5, 5.41) is 10.1. The van der Waals surface area contributed by atoms with Crippen LogP contribution in [0.25, 0.3) is 33.4 Å². The van der Waals surface area contributed by atoms with E-state index in [-0.39, 0.29) is 11.3 Å². The van der Waals surface area contributed by atoms with Gasteiger partial charge in [-0.25, -0.2) is 0 Å². The Morgan fingerprint density at radius 2 is 1.68 bits per heavy atom. The van der Waals surface area contributed by atoms with Gasteiger partial charge in [0.05, 0.1) is 18.9 Å². The van der Waals surface area contributed by atoms with Crippen molar-refractivity contribution in [2.24, 2.45) is 0 Å². The summed E-state index contributed by atoms with van der Waals surface area (Å²) in [6.07, 6.45) is 4.47. The molecule has 1 amide bonds. The van der Waals surface area contributed by atoms with Gasteiger partial charge in [-0.1, -0.05) is 12.1 Å². The first kappa shape index (κ1) is 24.8. The molecule has 2 fully saturated rings. The maximum atomic E-state index is 12.9. The number of H-pyrrole nitrogens is 1. The minimum atomic E-state index is 0.0553. The molecule has 38 heavy (non-hydrogen) atoms. The second-order valence-corrected chi connectivity index (χ2v) is 11.2. The van der Waals surface area contributed by atoms with Crippen LogP contribution in [-0.2, 0) is 10.2 Å². The van der Waals surface area contributed by atoms with E-state index in [9.17, 15) is 4.79 Å². The van der Waals surface area contributed by atoms with Gasteiger partial charge in [0.15, 0.2) is 5.65 Å². The monoisotopic (exact) mass is 509 g/mol. The van der Waals surface area contributed by atoms with Crippen molar-refractivity contribution < 1.29 is 9.53 Å². The summed E-state index contributed by atoms with van der Waals surface area (Å²) < 4.78 is 5.38. The number of amides is 1. The molecule has 2 aromatic carbocycles. The molecule has 6 rings (SSSR count). The van der Waals surface area contributed by atoms with Crippen LogP contribution in [0.2, 0.25) is 0 Å². The normalized spacial score (nSPS) is 16.8. The molecule has 7 nitrogen and oxygen atoms in total. The van der Waals surface area contributed by atoms with E-state index in [1.165, 1.54) is 29.5 Å². The molecule has 1 aliphatic carbocycles. The number of fused-ring (bicyclic) bond motifs is 1. The number of carbonyl (C=O) groups excluding carboxylic acids is 1. The zero-order valence-electron chi connectivity index (χ0n) is 22.7. The average molecular weight is 510 g/mol. The Kier molecular flexibility index (Phi) is 6.28. The number of hydrogen-bond donors (Lipinski definition) is 1. The fourth-order valence-electron chi connectivity index (χ4n) is 6.23. The first-order valence-electron chi connectivity index (χ1n) is 13.4. The fourth-order valence-corrected chi connectivity index (χ4v) is 6.23. The Balaban J connectivity index is 1.30. The molecule has 4 aromatic rings. The molecular formula is C31H35N5O2. The number of nitrogens with zero attached hydrogens (tertiary/aromatic N) is 4. The zero-order chi connectivity index (χ0) is 26.4. The number of nitrogens with one attached hydrogen (secondary N) is 1. The molecule has 0 bridgehead atoms. The zero-order valence-corrected chi connectivity index (χ0v) is 22.7. The molecule has 0 spiro atoms. The number of aromatic nitrogens is 3. The Morgan fingerprint density at radius 1 is 1.00 bits per heavy atom. The summed E-state index contributed by atoms with van der Waals surface area (Å²) >= 11 is 0. The van der Waals surface area contributed by atoms with Gasteiger partial charge in [0.25, 0.3) is 5.91 Å². The predicted molar refractivity (Wildman–Crippen MR) is 150 cm³/mol. The fraction of sp³-hybridized carbons (Fsp3) is 0.387. The number of likely N-dealkylation sites (N-methyl/N-ethyl adjacent to an activating group) is 1. The van der Waals surface area contributed by atoms with Crippen molar-refractivity contribution >= 4 is 16.9 Å². The Labute approximate surface area is 223 Å². The van der Waals surface area contributed by atoms with E-state index >= 15 is 0 Å². The van der Waals surface area contributed by atoms with Crippen LogP contribution >= 0.6 is 0 Å². The first-order chi connectivity index (χ1) is 18.3. The van der Waals surface area contributed by atoms with Gasteiger partial charge in [0.1, 0.15) is 0 Å². The van der Waals surface area contributed by atoms with E-state index in [4.69, 9.17) is 4.74 Å². The summed E-state index contributed by atoms with van der Waals surface area (Å²) in [7, 11) is 4.32. The molecule has 196 valence electrons. The van der Waals surface area contributed by atoms with Crippen LogP contribution in [0.5, 0.6) is 0 Å². The van der Waals surface area contributed by atoms with Crippen molar-refractivity contribution in [1.29, 1.82) is 0 Å². The van der Waals surface area contributed by atoms with Crippen LogP contribution in [0.3, 0.4) is 0 Å². The van der Waals surface area contributed by atoms with Gasteiger partial charge in [-0.2, -0.15) is 0 Å². The van der Waals surface area contributed by atoms with E-state index in [0.717, 1.165) is 40.0 Å². The number of aromatic amines is 1. The Hall–Kier alpha value is -3.55. The number of hydrogen-bond acceptors (Lipinski definition) is 5. The standard InChI is InChI=1S/C31H35N5O2/c1-20-15-24(16-21(2)28(20)31(9-10-31)19-35(3)4)27-17-25-26(18-32-29(25)34-33-27)22-5-7-23(8-6-22)30(37)36-11-13-38-14-12-36/h5-8,15-18H,9-14,19H2,1-4H3,(H,32,34). The van der Waals surface area contributed by atoms with Crippen molar-refractivity contribution in [1.82, 2.24) is 25.0 Å². The van der Waals surface area contributed by atoms with Crippen molar-refractivity contribution in [3.8, 4) is 22.4 Å². The lowest BCUT2D eigenvalue weighted by atomic mass is 9.86. The lowest BCUT2D eigenvalue weighted by Crippen LogP contribution is -2.40. The van der Waals surface area contributed by atoms with E-state index in [1.807, 2.05) is 35.4 Å². The molecule has 0 atom stereocenters. The van der Waals surface area contributed by atoms with Gasteiger partial charge in [-0.05, 0) is 93.4 Å². The summed E-state index contributed by atoms with van der Waals surface area (Å²) in [6.45, 7) is 8.03. The second-order valence-electron chi connectivity index (χ2n) is 11.2. The maximum Gasteiger partial charge on any atom is 0.254 e. The number of rotatable bonds is 6. The minimum Gasteiger partial charge on any atom is -0.378 e. The van der Waals surface area contributed by atoms with Crippen molar-refractivity contribution in [3.05, 3.63) is 70.9 Å². The molecule has 1 saturated carbocycles. The second kappa shape index (κ2) is 9.64. The third kappa shape index (κ3) is 4.50. The highest BCUT2D eigenvalue weighted by Gasteiger charge is 2.46. The van der Waals surface area contributed by atoms with Crippen molar-refractivity contribution in [2.75, 3.05) is 46.9 Å². The van der Waals surface area contributed by atoms with Gasteiger partial charge in [-0.15, -0.1) is 10.2 Å². The largest absolute Gasteiger partial charge is 0.378 e. The molecule has 7 heteroatoms. The van der Waals surface area contributed by atoms with E-state index in [0.29, 0.717) is 31.9 Å². The number of carbonyl (C=O) groups is 1. The Bertz CT molecular complexity index is 1470. The molecule has 2 aromatic heterocycles. The molecule has 3 heterocycles. The van der Waals surface area contributed by atoms with E-state index in [2.05, 4.69) is 66.2 Å². The van der Waals surface area contributed by atoms with Crippen LogP contribution in [0.4, 0.5) is 0 Å². The van der Waals surface area contributed by atoms with Crippen molar-refractivity contribution in [2.45, 2.75) is 32.1 Å². The van der Waals surface area contributed by atoms with Gasteiger partial charge >= 0.3 is 0 Å². The number of ether oxygens (including phenoxy) is 1. The van der Waals surface area contributed by atoms with E-state index < -0.39 is 0 Å². The minimum absolute atomic E-state index is 0.0553. The summed E-state index contributed by atoms with van der Waals surface area (Å²) in [5.74, 6) is 0.0553. The van der Waals surface area contributed by atoms with Crippen LogP contribution < -0.4 is 0 Å². The molecule has 0 unspecified atom stereocenters. The van der Waals surface area contributed by atoms with Gasteiger partial charge in [-0.3, -0.25) is 4.79 Å². The third-order valence-corrected chi connectivity index (χ3v) is 8.01. The Morgan fingerprint density at radius 3 is 2.32 bits per heavy atom. The lowest BCUT2D eigenvalue weighted by Gasteiger charge is -2.26. The van der Waals surface area contributed by atoms with E-state index in [1.54, 1.807) is 0 Å². The molecule has 0 radical (unpaired) electrons. The molecule has 1 aliphatic heterocycles.